The number of fused-ring (bicyclic) bond motifs is 1. The van der Waals surface area contributed by atoms with Crippen LogP contribution in [0.15, 0.2) is 36.7 Å². The lowest BCUT2D eigenvalue weighted by atomic mass is 10.0. The van der Waals surface area contributed by atoms with E-state index in [0.29, 0.717) is 12.1 Å². The van der Waals surface area contributed by atoms with Crippen molar-refractivity contribution < 1.29 is 9.47 Å². The maximum Gasteiger partial charge on any atom is 0.204 e. The van der Waals surface area contributed by atoms with E-state index in [1.807, 2.05) is 12.1 Å². The van der Waals surface area contributed by atoms with E-state index in [1.54, 1.807) is 12.4 Å². The average Bonchev–Trinajstić information content (AvgIpc) is 3.31. The molecule has 2 fully saturated rings. The van der Waals surface area contributed by atoms with Crippen LogP contribution in [-0.4, -0.2) is 76.4 Å². The van der Waals surface area contributed by atoms with Gasteiger partial charge in [-0.25, -0.2) is 15.0 Å². The first-order valence-electron chi connectivity index (χ1n) is 11.7. The number of ether oxygens (including phenoxy) is 2. The minimum atomic E-state index is 0.295. The number of rotatable bonds is 5. The van der Waals surface area contributed by atoms with Crippen LogP contribution in [0.5, 0.6) is 0 Å². The Morgan fingerprint density at radius 2 is 1.94 bits per heavy atom. The van der Waals surface area contributed by atoms with Crippen LogP contribution in [0.3, 0.4) is 0 Å². The van der Waals surface area contributed by atoms with E-state index in [2.05, 4.69) is 44.1 Å². The van der Waals surface area contributed by atoms with E-state index >= 15 is 0 Å². The van der Waals surface area contributed by atoms with Crippen LogP contribution in [-0.2, 0) is 22.4 Å². The molecule has 0 amide bonds. The Kier molecular flexibility index (Phi) is 5.45. The zero-order chi connectivity index (χ0) is 22.2. The summed E-state index contributed by atoms with van der Waals surface area (Å²) in [6, 6.07) is 9.02. The summed E-state index contributed by atoms with van der Waals surface area (Å²) in [5.41, 5.74) is 4.41. The van der Waals surface area contributed by atoms with Crippen molar-refractivity contribution in [3.05, 3.63) is 47.9 Å². The highest BCUT2D eigenvalue weighted by molar-refractivity contribution is 5.65. The molecular weight excluding hydrogens is 418 g/mol. The predicted molar refractivity (Wildman–Crippen MR) is 126 cm³/mol. The van der Waals surface area contributed by atoms with E-state index in [1.165, 1.54) is 5.56 Å². The number of H-pyrrole nitrogens is 1. The molecule has 2 saturated heterocycles. The Labute approximate surface area is 193 Å². The zero-order valence-corrected chi connectivity index (χ0v) is 18.8. The number of benzene rings is 1. The van der Waals surface area contributed by atoms with Gasteiger partial charge in [0, 0.05) is 48.8 Å². The topological polar surface area (TPSA) is 91.4 Å². The molecule has 33 heavy (non-hydrogen) atoms. The molecule has 3 aromatic rings. The van der Waals surface area contributed by atoms with Crippen LogP contribution < -0.4 is 10.2 Å². The molecule has 6 rings (SSSR count). The number of aromatic nitrogens is 4. The Morgan fingerprint density at radius 1 is 1.06 bits per heavy atom. The molecule has 0 radical (unpaired) electrons. The highest BCUT2D eigenvalue weighted by Gasteiger charge is 2.33. The third-order valence-corrected chi connectivity index (χ3v) is 6.75. The van der Waals surface area contributed by atoms with Crippen LogP contribution >= 0.6 is 0 Å². The number of nitrogens with zero attached hydrogens (tertiary/aromatic N) is 5. The van der Waals surface area contributed by atoms with Crippen molar-refractivity contribution >= 4 is 17.5 Å². The Balaban J connectivity index is 1.34. The normalized spacial score (nSPS) is 21.5. The molecule has 0 spiro atoms. The van der Waals surface area contributed by atoms with Crippen molar-refractivity contribution in [2.75, 3.05) is 49.7 Å². The SMILES string of the molecule is CC1COCCN1c1nc(-c2ccc(Nc3ncc[nH]3)cc2)nc2c1CCN(C1COC1)C2. The van der Waals surface area contributed by atoms with Gasteiger partial charge in [-0.15, -0.1) is 0 Å². The molecule has 0 bridgehead atoms. The van der Waals surface area contributed by atoms with Gasteiger partial charge < -0.3 is 24.7 Å². The van der Waals surface area contributed by atoms with Crippen LogP contribution in [0.2, 0.25) is 0 Å². The third kappa shape index (κ3) is 4.07. The molecule has 1 atom stereocenters. The number of morpholine rings is 1. The first-order valence-corrected chi connectivity index (χ1v) is 11.7. The Hall–Kier alpha value is -3.01. The van der Waals surface area contributed by atoms with E-state index < -0.39 is 0 Å². The summed E-state index contributed by atoms with van der Waals surface area (Å²) < 4.78 is 11.1. The molecule has 0 saturated carbocycles. The van der Waals surface area contributed by atoms with Crippen LogP contribution in [0, 0.1) is 0 Å². The number of imidazole rings is 1. The Morgan fingerprint density at radius 3 is 2.67 bits per heavy atom. The van der Waals surface area contributed by atoms with Crippen molar-refractivity contribution in [3.63, 3.8) is 0 Å². The molecule has 1 aromatic carbocycles. The highest BCUT2D eigenvalue weighted by Crippen LogP contribution is 2.33. The fraction of sp³-hybridized carbons (Fsp3) is 0.458. The largest absolute Gasteiger partial charge is 0.378 e. The fourth-order valence-electron chi connectivity index (χ4n) is 4.76. The van der Waals surface area contributed by atoms with Gasteiger partial charge in [-0.3, -0.25) is 4.90 Å². The standard InChI is InChI=1S/C24H29N7O2/c1-16-13-32-11-10-31(16)23-20-6-9-30(19-14-33-15-19)12-21(20)28-22(29-23)17-2-4-18(5-3-17)27-24-25-7-8-26-24/h2-5,7-8,16,19H,6,9-15H2,1H3,(H2,25,26,27). The average molecular weight is 448 g/mol. The molecule has 2 aromatic heterocycles. The predicted octanol–water partition coefficient (Wildman–Crippen LogP) is 2.59. The molecule has 1 unspecified atom stereocenters. The number of hydrogen-bond donors (Lipinski definition) is 2. The summed E-state index contributed by atoms with van der Waals surface area (Å²) in [4.78, 5) is 22.4. The molecule has 5 heterocycles. The summed E-state index contributed by atoms with van der Waals surface area (Å²) in [6.07, 6.45) is 4.49. The third-order valence-electron chi connectivity index (χ3n) is 6.75. The quantitative estimate of drug-likeness (QED) is 0.617. The number of hydrogen-bond acceptors (Lipinski definition) is 8. The monoisotopic (exact) mass is 447 g/mol. The lowest BCUT2D eigenvalue weighted by Gasteiger charge is -2.41. The summed E-state index contributed by atoms with van der Waals surface area (Å²) in [6.45, 7) is 8.06. The van der Waals surface area contributed by atoms with Crippen molar-refractivity contribution in [3.8, 4) is 11.4 Å². The fourth-order valence-corrected chi connectivity index (χ4v) is 4.76. The molecule has 3 aliphatic rings. The van der Waals surface area contributed by atoms with Crippen molar-refractivity contribution in [1.82, 2.24) is 24.8 Å². The molecule has 0 aliphatic carbocycles. The second-order valence-electron chi connectivity index (χ2n) is 8.97. The summed E-state index contributed by atoms with van der Waals surface area (Å²) in [7, 11) is 0. The maximum absolute atomic E-state index is 5.70. The summed E-state index contributed by atoms with van der Waals surface area (Å²) >= 11 is 0. The van der Waals surface area contributed by atoms with Gasteiger partial charge in [-0.05, 0) is 37.6 Å². The number of anilines is 3. The van der Waals surface area contributed by atoms with Crippen LogP contribution in [0.4, 0.5) is 17.5 Å². The van der Waals surface area contributed by atoms with Crippen LogP contribution in [0.1, 0.15) is 18.2 Å². The zero-order valence-electron chi connectivity index (χ0n) is 18.8. The van der Waals surface area contributed by atoms with Gasteiger partial charge in [0.2, 0.25) is 5.95 Å². The molecule has 9 nitrogen and oxygen atoms in total. The molecule has 172 valence electrons. The van der Waals surface area contributed by atoms with E-state index in [4.69, 9.17) is 19.4 Å². The number of aromatic amines is 1. The maximum atomic E-state index is 5.70. The van der Waals surface area contributed by atoms with E-state index in [0.717, 1.165) is 87.0 Å². The Bertz CT molecular complexity index is 1100. The van der Waals surface area contributed by atoms with Crippen LogP contribution in [0.25, 0.3) is 11.4 Å². The minimum absolute atomic E-state index is 0.295. The lowest BCUT2D eigenvalue weighted by Crippen LogP contribution is -2.51. The van der Waals surface area contributed by atoms with Crippen molar-refractivity contribution in [1.29, 1.82) is 0 Å². The summed E-state index contributed by atoms with van der Waals surface area (Å²) in [5, 5.41) is 3.26. The molecule has 3 aliphatic heterocycles. The van der Waals surface area contributed by atoms with Gasteiger partial charge in [0.1, 0.15) is 5.82 Å². The van der Waals surface area contributed by atoms with E-state index in [9.17, 15) is 0 Å². The van der Waals surface area contributed by atoms with Crippen molar-refractivity contribution in [2.24, 2.45) is 0 Å². The van der Waals surface area contributed by atoms with Gasteiger partial charge in [-0.1, -0.05) is 0 Å². The van der Waals surface area contributed by atoms with Gasteiger partial charge in [-0.2, -0.15) is 0 Å². The van der Waals surface area contributed by atoms with Gasteiger partial charge in [0.15, 0.2) is 5.82 Å². The second-order valence-corrected chi connectivity index (χ2v) is 8.97. The summed E-state index contributed by atoms with van der Waals surface area (Å²) in [5.74, 6) is 2.57. The van der Waals surface area contributed by atoms with Gasteiger partial charge in [0.05, 0.1) is 44.2 Å². The second kappa shape index (κ2) is 8.74. The van der Waals surface area contributed by atoms with Gasteiger partial charge >= 0.3 is 0 Å². The smallest absolute Gasteiger partial charge is 0.204 e. The first kappa shape index (κ1) is 20.6. The van der Waals surface area contributed by atoms with Gasteiger partial charge in [0.25, 0.3) is 0 Å². The first-order chi connectivity index (χ1) is 16.2. The van der Waals surface area contributed by atoms with Crippen molar-refractivity contribution in [2.45, 2.75) is 32.0 Å². The molecule has 2 N–H and O–H groups in total. The molecule has 9 heteroatoms. The lowest BCUT2D eigenvalue weighted by molar-refractivity contribution is -0.0699. The number of nitrogens with one attached hydrogen (secondary N) is 2. The minimum Gasteiger partial charge on any atom is -0.378 e. The molecular formula is C24H29N7O2. The highest BCUT2D eigenvalue weighted by atomic mass is 16.5. The van der Waals surface area contributed by atoms with E-state index in [-0.39, 0.29) is 0 Å².